The van der Waals surface area contributed by atoms with Crippen molar-refractivity contribution in [2.45, 2.75) is 51.9 Å². The van der Waals surface area contributed by atoms with Gasteiger partial charge in [-0.3, -0.25) is 5.41 Å². The summed E-state index contributed by atoms with van der Waals surface area (Å²) in [5.74, 6) is 0.980. The van der Waals surface area contributed by atoms with E-state index in [9.17, 15) is 0 Å². The largest absolute Gasteiger partial charge is 0.481 e. The first-order valence-corrected chi connectivity index (χ1v) is 9.14. The zero-order valence-electron chi connectivity index (χ0n) is 14.8. The second-order valence-electron chi connectivity index (χ2n) is 6.86. The van der Waals surface area contributed by atoms with Crippen molar-refractivity contribution in [3.63, 3.8) is 0 Å². The molecular weight excluding hydrogens is 308 g/mol. The Labute approximate surface area is 145 Å². The lowest BCUT2D eigenvalue weighted by Crippen LogP contribution is -2.28. The minimum atomic E-state index is 0.00131. The van der Waals surface area contributed by atoms with Crippen LogP contribution in [0.4, 0.5) is 5.69 Å². The lowest BCUT2D eigenvalue weighted by Gasteiger charge is -2.21. The second kappa shape index (κ2) is 7.57. The van der Waals surface area contributed by atoms with Crippen molar-refractivity contribution in [2.24, 2.45) is 0 Å². The smallest absolute Gasteiger partial charge is 0.188 e. The van der Waals surface area contributed by atoms with Crippen molar-refractivity contribution in [3.8, 4) is 0 Å². The monoisotopic (exact) mass is 336 g/mol. The highest BCUT2D eigenvalue weighted by Crippen LogP contribution is 2.42. The molecule has 3 nitrogen and oxygen atoms in total. The molecule has 1 aliphatic heterocycles. The maximum Gasteiger partial charge on any atom is 0.188 e. The molecule has 1 atom stereocenters. The Hall–Kier alpha value is -1.22. The van der Waals surface area contributed by atoms with Gasteiger partial charge < -0.3 is 9.64 Å². The van der Waals surface area contributed by atoms with E-state index in [-0.39, 0.29) is 11.3 Å². The molecule has 128 valence electrons. The Morgan fingerprint density at radius 1 is 1.39 bits per heavy atom. The van der Waals surface area contributed by atoms with Gasteiger partial charge in [0.15, 0.2) is 5.90 Å². The Morgan fingerprint density at radius 3 is 2.74 bits per heavy atom. The fourth-order valence-corrected chi connectivity index (χ4v) is 3.67. The maximum absolute atomic E-state index is 8.25. The summed E-state index contributed by atoms with van der Waals surface area (Å²) in [7, 11) is 0. The van der Waals surface area contributed by atoms with E-state index in [1.54, 1.807) is 0 Å². The predicted molar refractivity (Wildman–Crippen MR) is 99.4 cm³/mol. The van der Waals surface area contributed by atoms with Gasteiger partial charge in [0.2, 0.25) is 0 Å². The van der Waals surface area contributed by atoms with Crippen LogP contribution in [0, 0.1) is 5.41 Å². The Bertz CT molecular complexity index is 556. The summed E-state index contributed by atoms with van der Waals surface area (Å²) in [4.78, 5) is 2.43. The van der Waals surface area contributed by atoms with Crippen LogP contribution >= 0.6 is 11.6 Å². The molecule has 1 aliphatic rings. The molecule has 2 rings (SSSR count). The number of hydrogen-bond donors (Lipinski definition) is 1. The molecule has 1 aromatic carbocycles. The van der Waals surface area contributed by atoms with Gasteiger partial charge in [-0.2, -0.15) is 0 Å². The lowest BCUT2D eigenvalue weighted by molar-refractivity contribution is 0.305. The number of benzene rings is 1. The molecule has 0 aromatic heterocycles. The molecule has 0 spiro atoms. The van der Waals surface area contributed by atoms with Crippen LogP contribution in [0.25, 0.3) is 0 Å². The van der Waals surface area contributed by atoms with Crippen LogP contribution < -0.4 is 4.90 Å². The van der Waals surface area contributed by atoms with Gasteiger partial charge in [-0.05, 0) is 43.9 Å². The Morgan fingerprint density at radius 2 is 2.13 bits per heavy atom. The van der Waals surface area contributed by atoms with Crippen LogP contribution in [0.3, 0.4) is 0 Å². The van der Waals surface area contributed by atoms with E-state index in [1.807, 2.05) is 6.92 Å². The van der Waals surface area contributed by atoms with Gasteiger partial charge in [0.05, 0.1) is 12.5 Å². The fourth-order valence-electron chi connectivity index (χ4n) is 3.52. The number of ether oxygens (including phenoxy) is 1. The van der Waals surface area contributed by atoms with Crippen LogP contribution in [0.2, 0.25) is 0 Å². The Balaban J connectivity index is 2.36. The van der Waals surface area contributed by atoms with Crippen LogP contribution in [0.15, 0.2) is 18.2 Å². The topological polar surface area (TPSA) is 36.3 Å². The first-order valence-electron chi connectivity index (χ1n) is 8.61. The predicted octanol–water partition coefficient (Wildman–Crippen LogP) is 4.92. The summed E-state index contributed by atoms with van der Waals surface area (Å²) in [6.45, 7) is 11.3. The number of halogens is 1. The van der Waals surface area contributed by atoms with E-state index >= 15 is 0 Å². The molecule has 23 heavy (non-hydrogen) atoms. The fraction of sp³-hybridized carbons (Fsp3) is 0.632. The zero-order valence-corrected chi connectivity index (χ0v) is 15.5. The van der Waals surface area contributed by atoms with Crippen molar-refractivity contribution >= 4 is 23.2 Å². The van der Waals surface area contributed by atoms with Crippen molar-refractivity contribution in [1.82, 2.24) is 0 Å². The van der Waals surface area contributed by atoms with Crippen LogP contribution in [-0.2, 0) is 10.2 Å². The van der Waals surface area contributed by atoms with Gasteiger partial charge in [-0.15, -0.1) is 11.6 Å². The third-order valence-corrected chi connectivity index (χ3v) is 4.97. The van der Waals surface area contributed by atoms with Gasteiger partial charge in [0.25, 0.3) is 0 Å². The second-order valence-corrected chi connectivity index (χ2v) is 7.23. The summed E-state index contributed by atoms with van der Waals surface area (Å²) in [5, 5.41) is 8.25. The summed E-state index contributed by atoms with van der Waals surface area (Å²) in [6.07, 6.45) is 1.75. The lowest BCUT2D eigenvalue weighted by atomic mass is 9.85. The number of nitrogens with zero attached hydrogens (tertiary/aromatic N) is 1. The van der Waals surface area contributed by atoms with Crippen molar-refractivity contribution in [1.29, 1.82) is 5.41 Å². The minimum Gasteiger partial charge on any atom is -0.481 e. The molecule has 4 heteroatoms. The maximum atomic E-state index is 8.25. The number of hydrogen-bond acceptors (Lipinski definition) is 3. The molecule has 1 aromatic rings. The number of fused-ring (bicyclic) bond motifs is 1. The summed E-state index contributed by atoms with van der Waals surface area (Å²) < 4.78 is 5.50. The van der Waals surface area contributed by atoms with E-state index in [4.69, 9.17) is 21.7 Å². The number of likely N-dealkylation sites (N-methyl/N-ethyl adjacent to an activating group) is 1. The molecule has 1 heterocycles. The third kappa shape index (κ3) is 3.82. The molecule has 0 amide bonds. The first kappa shape index (κ1) is 18.1. The molecule has 0 saturated heterocycles. The van der Waals surface area contributed by atoms with E-state index in [0.717, 1.165) is 25.9 Å². The summed E-state index contributed by atoms with van der Waals surface area (Å²) in [6, 6.07) is 6.68. The Kier molecular flexibility index (Phi) is 5.96. The van der Waals surface area contributed by atoms with Crippen molar-refractivity contribution < 1.29 is 4.74 Å². The number of rotatable bonds is 7. The zero-order chi connectivity index (χ0) is 17.0. The minimum absolute atomic E-state index is 0.00131. The molecule has 1 unspecified atom stereocenters. The first-order chi connectivity index (χ1) is 10.9. The van der Waals surface area contributed by atoms with Crippen LogP contribution in [0.1, 0.15) is 57.6 Å². The highest BCUT2D eigenvalue weighted by Gasteiger charge is 2.35. The summed E-state index contributed by atoms with van der Waals surface area (Å²) >= 11 is 5.87. The van der Waals surface area contributed by atoms with E-state index in [0.29, 0.717) is 18.4 Å². The van der Waals surface area contributed by atoms with Gasteiger partial charge in [-0.1, -0.05) is 26.0 Å². The molecule has 0 fully saturated rings. The average Bonchev–Trinajstić information content (AvgIpc) is 2.78. The molecule has 0 saturated carbocycles. The van der Waals surface area contributed by atoms with E-state index in [2.05, 4.69) is 43.9 Å². The van der Waals surface area contributed by atoms with Gasteiger partial charge in [0, 0.05) is 30.1 Å². The van der Waals surface area contributed by atoms with Gasteiger partial charge in [0.1, 0.15) is 0 Å². The molecule has 0 aliphatic carbocycles. The number of anilines is 1. The third-order valence-electron chi connectivity index (χ3n) is 4.70. The quantitative estimate of drug-likeness (QED) is 0.436. The SMILES string of the molecule is CCOC(=N)C(CCCCl)c1ccc2c(c1)N(CC)CC2(C)C. The van der Waals surface area contributed by atoms with Crippen molar-refractivity contribution in [2.75, 3.05) is 30.5 Å². The van der Waals surface area contributed by atoms with E-state index in [1.165, 1.54) is 16.8 Å². The number of alkyl halides is 1. The number of nitrogens with one attached hydrogen (secondary N) is 1. The normalized spacial score (nSPS) is 17.0. The van der Waals surface area contributed by atoms with Gasteiger partial charge in [-0.25, -0.2) is 0 Å². The average molecular weight is 337 g/mol. The van der Waals surface area contributed by atoms with Crippen LogP contribution in [-0.4, -0.2) is 31.5 Å². The summed E-state index contributed by atoms with van der Waals surface area (Å²) in [5.41, 5.74) is 4.07. The van der Waals surface area contributed by atoms with E-state index < -0.39 is 0 Å². The molecule has 1 N–H and O–H groups in total. The molecule has 0 bridgehead atoms. The highest BCUT2D eigenvalue weighted by molar-refractivity contribution is 6.17. The van der Waals surface area contributed by atoms with Gasteiger partial charge >= 0.3 is 0 Å². The molecule has 0 radical (unpaired) electrons. The van der Waals surface area contributed by atoms with Crippen molar-refractivity contribution in [3.05, 3.63) is 29.3 Å². The highest BCUT2D eigenvalue weighted by atomic mass is 35.5. The van der Waals surface area contributed by atoms with Crippen LogP contribution in [0.5, 0.6) is 0 Å². The standard InChI is InChI=1S/C19H29ClN2O/c1-5-22-13-19(3,4)16-10-9-14(12-17(16)22)15(8-7-11-20)18(21)23-6-2/h9-10,12,15,21H,5-8,11,13H2,1-4H3. The molecular formula is C19H29ClN2O.